The molecule has 0 aliphatic carbocycles. The molecule has 4 heteroatoms. The van der Waals surface area contributed by atoms with Crippen molar-refractivity contribution in [1.82, 2.24) is 0 Å². The van der Waals surface area contributed by atoms with Crippen LogP contribution in [0.25, 0.3) is 0 Å². The summed E-state index contributed by atoms with van der Waals surface area (Å²) >= 11 is 0. The summed E-state index contributed by atoms with van der Waals surface area (Å²) in [6.45, 7) is 5.62. The first-order valence-electron chi connectivity index (χ1n) is 6.55. The molecule has 0 aliphatic rings. The average Bonchev–Trinajstić information content (AvgIpc) is 2.38. The fourth-order valence-electron chi connectivity index (χ4n) is 1.87. The van der Waals surface area contributed by atoms with E-state index >= 15 is 0 Å². The van der Waals surface area contributed by atoms with Gasteiger partial charge in [0.2, 0.25) is 0 Å². The summed E-state index contributed by atoms with van der Waals surface area (Å²) in [5.41, 5.74) is 8.57. The number of nitrogens with one attached hydrogen (secondary N) is 1. The molecule has 0 amide bonds. The third-order valence-corrected chi connectivity index (χ3v) is 2.92. The second-order valence-electron chi connectivity index (χ2n) is 4.96. The van der Waals surface area contributed by atoms with Gasteiger partial charge in [-0.15, -0.1) is 0 Å². The van der Waals surface area contributed by atoms with Gasteiger partial charge in [0, 0.05) is 23.0 Å². The van der Waals surface area contributed by atoms with Crippen LogP contribution in [0.2, 0.25) is 0 Å². The smallest absolute Gasteiger partial charge is 0.144 e. The van der Waals surface area contributed by atoms with Crippen molar-refractivity contribution < 1.29 is 9.13 Å². The van der Waals surface area contributed by atoms with E-state index in [4.69, 9.17) is 10.5 Å². The second kappa shape index (κ2) is 5.82. The monoisotopic (exact) mass is 274 g/mol. The molecule has 3 nitrogen and oxygen atoms in total. The van der Waals surface area contributed by atoms with Crippen molar-refractivity contribution in [3.8, 4) is 5.75 Å². The molecule has 0 aromatic heterocycles. The van der Waals surface area contributed by atoms with Crippen LogP contribution in [0.4, 0.5) is 21.5 Å². The van der Waals surface area contributed by atoms with Gasteiger partial charge in [-0.3, -0.25) is 0 Å². The quantitative estimate of drug-likeness (QED) is 0.819. The maximum absolute atomic E-state index is 13.5. The predicted molar refractivity (Wildman–Crippen MR) is 81.0 cm³/mol. The number of ether oxygens (including phenoxy) is 1. The molecule has 0 heterocycles. The number of anilines is 3. The zero-order valence-electron chi connectivity index (χ0n) is 11.9. The van der Waals surface area contributed by atoms with Crippen LogP contribution in [0, 0.1) is 12.7 Å². The van der Waals surface area contributed by atoms with E-state index in [2.05, 4.69) is 5.32 Å². The number of hydrogen-bond donors (Lipinski definition) is 2. The molecule has 2 rings (SSSR count). The Bertz CT molecular complexity index is 611. The van der Waals surface area contributed by atoms with Crippen molar-refractivity contribution in [2.24, 2.45) is 0 Å². The molecule has 0 saturated heterocycles. The van der Waals surface area contributed by atoms with E-state index in [1.807, 2.05) is 32.0 Å². The van der Waals surface area contributed by atoms with E-state index in [-0.39, 0.29) is 11.9 Å². The Morgan fingerprint density at radius 1 is 1.20 bits per heavy atom. The fourth-order valence-corrected chi connectivity index (χ4v) is 1.87. The molecule has 2 aromatic rings. The molecular formula is C16H19FN2O. The highest BCUT2D eigenvalue weighted by atomic mass is 19.1. The van der Waals surface area contributed by atoms with Crippen LogP contribution < -0.4 is 15.8 Å². The minimum atomic E-state index is -0.232. The summed E-state index contributed by atoms with van der Waals surface area (Å²) in [7, 11) is 0. The summed E-state index contributed by atoms with van der Waals surface area (Å²) in [6, 6.07) is 10.4. The summed E-state index contributed by atoms with van der Waals surface area (Å²) in [6.07, 6.45) is 0.0449. The van der Waals surface area contributed by atoms with Gasteiger partial charge in [-0.25, -0.2) is 4.39 Å². The Kier molecular flexibility index (Phi) is 4.13. The summed E-state index contributed by atoms with van der Waals surface area (Å²) in [5.74, 6) is 0.392. The molecular weight excluding hydrogens is 255 g/mol. The largest absolute Gasteiger partial charge is 0.489 e. The topological polar surface area (TPSA) is 47.3 Å². The van der Waals surface area contributed by atoms with E-state index in [0.717, 1.165) is 11.4 Å². The molecule has 0 aliphatic heterocycles. The van der Waals surface area contributed by atoms with Gasteiger partial charge in [-0.05, 0) is 45.0 Å². The fraction of sp³-hybridized carbons (Fsp3) is 0.250. The summed E-state index contributed by atoms with van der Waals surface area (Å²) in [4.78, 5) is 0. The Labute approximate surface area is 118 Å². The molecule has 0 saturated carbocycles. The van der Waals surface area contributed by atoms with Crippen molar-refractivity contribution in [3.05, 3.63) is 47.8 Å². The van der Waals surface area contributed by atoms with E-state index in [1.165, 1.54) is 6.07 Å². The van der Waals surface area contributed by atoms with Crippen molar-refractivity contribution in [2.75, 3.05) is 11.1 Å². The van der Waals surface area contributed by atoms with Gasteiger partial charge in [0.05, 0.1) is 11.8 Å². The van der Waals surface area contributed by atoms with Gasteiger partial charge in [0.15, 0.2) is 0 Å². The number of nitrogen functional groups attached to an aromatic ring is 1. The van der Waals surface area contributed by atoms with Gasteiger partial charge in [-0.1, -0.05) is 6.07 Å². The van der Waals surface area contributed by atoms with E-state index in [9.17, 15) is 4.39 Å². The standard InChI is InChI=1S/C16H19FN2O/c1-10(2)20-16-9-12(7-8-14(16)18)19-15-6-4-5-13(17)11(15)3/h4-10,19H,18H2,1-3H3. The predicted octanol–water partition coefficient (Wildman–Crippen LogP) is 4.25. The zero-order valence-corrected chi connectivity index (χ0v) is 11.9. The number of halogens is 1. The molecule has 0 spiro atoms. The summed E-state index contributed by atoms with van der Waals surface area (Å²) in [5, 5.41) is 3.18. The van der Waals surface area contributed by atoms with Crippen molar-refractivity contribution in [1.29, 1.82) is 0 Å². The van der Waals surface area contributed by atoms with Crippen LogP contribution >= 0.6 is 0 Å². The Morgan fingerprint density at radius 2 is 1.95 bits per heavy atom. The lowest BCUT2D eigenvalue weighted by atomic mass is 10.1. The third-order valence-electron chi connectivity index (χ3n) is 2.92. The first-order chi connectivity index (χ1) is 9.47. The SMILES string of the molecule is Cc1c(F)cccc1Nc1ccc(N)c(OC(C)C)c1. The van der Waals surface area contributed by atoms with Crippen molar-refractivity contribution in [3.63, 3.8) is 0 Å². The van der Waals surface area contributed by atoms with Crippen molar-refractivity contribution >= 4 is 17.1 Å². The van der Waals surface area contributed by atoms with Gasteiger partial charge in [0.25, 0.3) is 0 Å². The lowest BCUT2D eigenvalue weighted by Crippen LogP contribution is -2.07. The van der Waals surface area contributed by atoms with Gasteiger partial charge in [-0.2, -0.15) is 0 Å². The molecule has 0 bridgehead atoms. The molecule has 0 fully saturated rings. The van der Waals surface area contributed by atoms with E-state index in [0.29, 0.717) is 17.0 Å². The average molecular weight is 274 g/mol. The number of benzene rings is 2. The highest BCUT2D eigenvalue weighted by Gasteiger charge is 2.07. The molecule has 0 atom stereocenters. The lowest BCUT2D eigenvalue weighted by molar-refractivity contribution is 0.244. The first kappa shape index (κ1) is 14.2. The number of nitrogens with two attached hydrogens (primary N) is 1. The maximum atomic E-state index is 13.5. The minimum absolute atomic E-state index is 0.0449. The van der Waals surface area contributed by atoms with Crippen LogP contribution in [0.15, 0.2) is 36.4 Å². The second-order valence-corrected chi connectivity index (χ2v) is 4.96. The van der Waals surface area contributed by atoms with Crippen LogP contribution in [-0.2, 0) is 0 Å². The Morgan fingerprint density at radius 3 is 2.65 bits per heavy atom. The first-order valence-corrected chi connectivity index (χ1v) is 6.55. The zero-order chi connectivity index (χ0) is 14.7. The molecule has 2 aromatic carbocycles. The Balaban J connectivity index is 2.27. The highest BCUT2D eigenvalue weighted by Crippen LogP contribution is 2.29. The molecule has 20 heavy (non-hydrogen) atoms. The maximum Gasteiger partial charge on any atom is 0.144 e. The molecule has 3 N–H and O–H groups in total. The minimum Gasteiger partial charge on any atom is -0.489 e. The number of hydrogen-bond acceptors (Lipinski definition) is 3. The third kappa shape index (κ3) is 3.20. The van der Waals surface area contributed by atoms with Crippen molar-refractivity contribution in [2.45, 2.75) is 26.9 Å². The van der Waals surface area contributed by atoms with E-state index in [1.54, 1.807) is 19.1 Å². The Hall–Kier alpha value is -2.23. The van der Waals surface area contributed by atoms with E-state index < -0.39 is 0 Å². The van der Waals surface area contributed by atoms with Gasteiger partial charge >= 0.3 is 0 Å². The van der Waals surface area contributed by atoms with Crippen LogP contribution in [0.1, 0.15) is 19.4 Å². The van der Waals surface area contributed by atoms with Crippen LogP contribution in [0.5, 0.6) is 5.75 Å². The lowest BCUT2D eigenvalue weighted by Gasteiger charge is -2.15. The molecule has 0 radical (unpaired) electrons. The van der Waals surface area contributed by atoms with Gasteiger partial charge in [0.1, 0.15) is 11.6 Å². The summed E-state index contributed by atoms with van der Waals surface area (Å²) < 4.78 is 19.2. The molecule has 0 unspecified atom stereocenters. The highest BCUT2D eigenvalue weighted by molar-refractivity contribution is 5.68. The normalized spacial score (nSPS) is 10.7. The van der Waals surface area contributed by atoms with Crippen LogP contribution in [0.3, 0.4) is 0 Å². The van der Waals surface area contributed by atoms with Gasteiger partial charge < -0.3 is 15.8 Å². The van der Waals surface area contributed by atoms with Crippen LogP contribution in [-0.4, -0.2) is 6.10 Å². The number of rotatable bonds is 4. The molecule has 106 valence electrons.